The molecule has 0 aliphatic rings. The number of carbonyl (C=O) groups excluding carboxylic acids is 2. The number of benzene rings is 2. The highest BCUT2D eigenvalue weighted by molar-refractivity contribution is 5.89. The maximum Gasteiger partial charge on any atom is 0.319 e. The minimum absolute atomic E-state index is 0.0758. The SMILES string of the molecule is CCN(CC)C(CNC(=O)CCNC(=O)Nc1ccccc1)c1ccccc1. The Morgan fingerprint density at radius 3 is 2.11 bits per heavy atom. The molecule has 3 N–H and O–H groups in total. The molecule has 2 aromatic carbocycles. The van der Waals surface area contributed by atoms with E-state index in [2.05, 4.69) is 46.8 Å². The molecular formula is C22H30N4O2. The van der Waals surface area contributed by atoms with Crippen molar-refractivity contribution in [2.45, 2.75) is 26.3 Å². The molecule has 3 amide bonds. The smallest absolute Gasteiger partial charge is 0.319 e. The van der Waals surface area contributed by atoms with Crippen molar-refractivity contribution in [2.75, 3.05) is 31.5 Å². The zero-order chi connectivity index (χ0) is 20.2. The zero-order valence-corrected chi connectivity index (χ0v) is 16.7. The topological polar surface area (TPSA) is 73.5 Å². The van der Waals surface area contributed by atoms with Gasteiger partial charge in [-0.25, -0.2) is 4.79 Å². The summed E-state index contributed by atoms with van der Waals surface area (Å²) < 4.78 is 0. The molecule has 0 aliphatic heterocycles. The fourth-order valence-electron chi connectivity index (χ4n) is 3.08. The Bertz CT molecular complexity index is 718. The number of carbonyl (C=O) groups is 2. The van der Waals surface area contributed by atoms with Gasteiger partial charge in [0.25, 0.3) is 0 Å². The molecule has 0 spiro atoms. The number of rotatable bonds is 10. The predicted molar refractivity (Wildman–Crippen MR) is 113 cm³/mol. The van der Waals surface area contributed by atoms with Crippen molar-refractivity contribution < 1.29 is 9.59 Å². The number of nitrogens with one attached hydrogen (secondary N) is 3. The molecule has 2 rings (SSSR count). The molecule has 6 nitrogen and oxygen atoms in total. The van der Waals surface area contributed by atoms with Crippen LogP contribution < -0.4 is 16.0 Å². The van der Waals surface area contributed by atoms with Crippen LogP contribution in [0.25, 0.3) is 0 Å². The Labute approximate surface area is 167 Å². The van der Waals surface area contributed by atoms with Crippen LogP contribution in [0, 0.1) is 0 Å². The molecule has 0 aliphatic carbocycles. The molecule has 1 atom stereocenters. The van der Waals surface area contributed by atoms with E-state index in [1.165, 1.54) is 5.56 Å². The van der Waals surface area contributed by atoms with Crippen molar-refractivity contribution in [1.29, 1.82) is 0 Å². The van der Waals surface area contributed by atoms with Gasteiger partial charge in [-0.15, -0.1) is 0 Å². The number of likely N-dealkylation sites (N-methyl/N-ethyl adjacent to an activating group) is 1. The monoisotopic (exact) mass is 382 g/mol. The lowest BCUT2D eigenvalue weighted by Crippen LogP contribution is -2.39. The Kier molecular flexibility index (Phi) is 9.01. The molecule has 0 fully saturated rings. The summed E-state index contributed by atoms with van der Waals surface area (Å²) in [5.74, 6) is -0.0758. The molecular weight excluding hydrogens is 352 g/mol. The van der Waals surface area contributed by atoms with Gasteiger partial charge in [0.1, 0.15) is 0 Å². The van der Waals surface area contributed by atoms with E-state index in [1.807, 2.05) is 48.5 Å². The average molecular weight is 383 g/mol. The number of urea groups is 1. The predicted octanol–water partition coefficient (Wildman–Crippen LogP) is 3.40. The van der Waals surface area contributed by atoms with Gasteiger partial charge in [-0.2, -0.15) is 0 Å². The third-order valence-electron chi connectivity index (χ3n) is 4.60. The Balaban J connectivity index is 1.77. The summed E-state index contributed by atoms with van der Waals surface area (Å²) in [7, 11) is 0. The van der Waals surface area contributed by atoms with E-state index in [0.717, 1.165) is 18.8 Å². The van der Waals surface area contributed by atoms with Crippen LogP contribution in [0.2, 0.25) is 0 Å². The number of hydrogen-bond donors (Lipinski definition) is 3. The van der Waals surface area contributed by atoms with Gasteiger partial charge < -0.3 is 16.0 Å². The highest BCUT2D eigenvalue weighted by Gasteiger charge is 2.18. The number of hydrogen-bond acceptors (Lipinski definition) is 3. The third-order valence-corrected chi connectivity index (χ3v) is 4.60. The van der Waals surface area contributed by atoms with E-state index in [4.69, 9.17) is 0 Å². The van der Waals surface area contributed by atoms with Crippen molar-refractivity contribution in [1.82, 2.24) is 15.5 Å². The first-order valence-electron chi connectivity index (χ1n) is 9.79. The molecule has 0 radical (unpaired) electrons. The largest absolute Gasteiger partial charge is 0.354 e. The van der Waals surface area contributed by atoms with E-state index in [-0.39, 0.29) is 30.9 Å². The summed E-state index contributed by atoms with van der Waals surface area (Å²) in [4.78, 5) is 26.4. The standard InChI is InChI=1S/C22H30N4O2/c1-3-26(4-2)20(18-11-7-5-8-12-18)17-24-21(27)15-16-23-22(28)25-19-13-9-6-10-14-19/h5-14,20H,3-4,15-17H2,1-2H3,(H,24,27)(H2,23,25,28). The molecule has 150 valence electrons. The zero-order valence-electron chi connectivity index (χ0n) is 16.7. The van der Waals surface area contributed by atoms with Gasteiger partial charge in [0.15, 0.2) is 0 Å². The van der Waals surface area contributed by atoms with Gasteiger partial charge in [-0.05, 0) is 30.8 Å². The van der Waals surface area contributed by atoms with E-state index in [9.17, 15) is 9.59 Å². The minimum atomic E-state index is -0.315. The third kappa shape index (κ3) is 7.04. The van der Waals surface area contributed by atoms with E-state index >= 15 is 0 Å². The van der Waals surface area contributed by atoms with Crippen LogP contribution in [0.1, 0.15) is 31.9 Å². The number of nitrogens with zero attached hydrogens (tertiary/aromatic N) is 1. The van der Waals surface area contributed by atoms with Gasteiger partial charge in [0.05, 0.1) is 6.04 Å². The van der Waals surface area contributed by atoms with Gasteiger partial charge in [-0.1, -0.05) is 62.4 Å². The quantitative estimate of drug-likeness (QED) is 0.590. The second-order valence-electron chi connectivity index (χ2n) is 6.45. The second kappa shape index (κ2) is 11.8. The van der Waals surface area contributed by atoms with Crippen molar-refractivity contribution in [3.63, 3.8) is 0 Å². The number of amides is 3. The van der Waals surface area contributed by atoms with Crippen LogP contribution >= 0.6 is 0 Å². The summed E-state index contributed by atoms with van der Waals surface area (Å²) in [6.07, 6.45) is 0.238. The van der Waals surface area contributed by atoms with E-state index in [1.54, 1.807) is 0 Å². The molecule has 0 saturated carbocycles. The summed E-state index contributed by atoms with van der Waals surface area (Å²) >= 11 is 0. The Hall–Kier alpha value is -2.86. The van der Waals surface area contributed by atoms with Gasteiger partial charge in [-0.3, -0.25) is 9.69 Å². The maximum absolute atomic E-state index is 12.2. The van der Waals surface area contributed by atoms with Crippen LogP contribution in [-0.4, -0.2) is 43.0 Å². The van der Waals surface area contributed by atoms with Crippen molar-refractivity contribution in [3.8, 4) is 0 Å². The molecule has 0 saturated heterocycles. The molecule has 28 heavy (non-hydrogen) atoms. The molecule has 1 unspecified atom stereocenters. The molecule has 0 heterocycles. The fourth-order valence-corrected chi connectivity index (χ4v) is 3.08. The van der Waals surface area contributed by atoms with Crippen LogP contribution in [0.4, 0.5) is 10.5 Å². The van der Waals surface area contributed by atoms with Gasteiger partial charge >= 0.3 is 6.03 Å². The normalized spacial score (nSPS) is 11.7. The molecule has 6 heteroatoms. The van der Waals surface area contributed by atoms with Gasteiger partial charge in [0.2, 0.25) is 5.91 Å². The molecule has 0 aromatic heterocycles. The lowest BCUT2D eigenvalue weighted by molar-refractivity contribution is -0.121. The highest BCUT2D eigenvalue weighted by atomic mass is 16.2. The number of anilines is 1. The van der Waals surface area contributed by atoms with Crippen LogP contribution in [0.15, 0.2) is 60.7 Å². The summed E-state index contributed by atoms with van der Waals surface area (Å²) in [6, 6.07) is 19.2. The Morgan fingerprint density at radius 2 is 1.50 bits per heavy atom. The van der Waals surface area contributed by atoms with E-state index in [0.29, 0.717) is 6.54 Å². The first kappa shape index (κ1) is 21.4. The maximum atomic E-state index is 12.2. The minimum Gasteiger partial charge on any atom is -0.354 e. The second-order valence-corrected chi connectivity index (χ2v) is 6.45. The first-order valence-corrected chi connectivity index (χ1v) is 9.79. The molecule has 0 bridgehead atoms. The first-order chi connectivity index (χ1) is 13.6. The van der Waals surface area contributed by atoms with Crippen molar-refractivity contribution >= 4 is 17.6 Å². The van der Waals surface area contributed by atoms with Crippen molar-refractivity contribution in [3.05, 3.63) is 66.2 Å². The lowest BCUT2D eigenvalue weighted by Gasteiger charge is -2.30. The average Bonchev–Trinajstić information content (AvgIpc) is 2.72. The van der Waals surface area contributed by atoms with E-state index < -0.39 is 0 Å². The van der Waals surface area contributed by atoms with Crippen molar-refractivity contribution in [2.24, 2.45) is 0 Å². The van der Waals surface area contributed by atoms with Crippen LogP contribution in [0.5, 0.6) is 0 Å². The fraction of sp³-hybridized carbons (Fsp3) is 0.364. The number of para-hydroxylation sites is 1. The Morgan fingerprint density at radius 1 is 0.893 bits per heavy atom. The summed E-state index contributed by atoms with van der Waals surface area (Å²) in [5, 5.41) is 8.44. The van der Waals surface area contributed by atoms with Crippen LogP contribution in [-0.2, 0) is 4.79 Å². The van der Waals surface area contributed by atoms with Crippen LogP contribution in [0.3, 0.4) is 0 Å². The highest BCUT2D eigenvalue weighted by Crippen LogP contribution is 2.19. The van der Waals surface area contributed by atoms with Gasteiger partial charge in [0, 0.05) is 25.2 Å². The summed E-state index contributed by atoms with van der Waals surface area (Å²) in [6.45, 7) is 6.89. The summed E-state index contributed by atoms with van der Waals surface area (Å²) in [5.41, 5.74) is 1.90. The lowest BCUT2D eigenvalue weighted by atomic mass is 10.1. The molecule has 2 aromatic rings.